The molecule has 86 valence electrons. The smallest absolute Gasteiger partial charge is 0.156 e. The minimum atomic E-state index is 0.573. The molecule has 0 aliphatic rings. The van der Waals surface area contributed by atoms with Crippen LogP contribution < -0.4 is 0 Å². The molecule has 2 nitrogen and oxygen atoms in total. The standard InChI is InChI=1S/C13H11ClN2S/c1-8-4-3-7-16-11(8)12(14)15-13(16)10-6-5-9(2)17-10/h3-7H,1-2H3. The molecule has 3 rings (SSSR count). The van der Waals surface area contributed by atoms with Crippen LogP contribution in [0.4, 0.5) is 0 Å². The molecule has 17 heavy (non-hydrogen) atoms. The van der Waals surface area contributed by atoms with Crippen molar-refractivity contribution in [1.82, 2.24) is 9.38 Å². The Kier molecular flexibility index (Phi) is 2.45. The first kappa shape index (κ1) is 10.8. The molecular formula is C13H11ClN2S. The Morgan fingerprint density at radius 3 is 2.76 bits per heavy atom. The van der Waals surface area contributed by atoms with Crippen molar-refractivity contribution in [1.29, 1.82) is 0 Å². The summed E-state index contributed by atoms with van der Waals surface area (Å²) in [5.41, 5.74) is 2.14. The van der Waals surface area contributed by atoms with Gasteiger partial charge in [-0.2, -0.15) is 0 Å². The second-order valence-corrected chi connectivity index (χ2v) is 5.69. The summed E-state index contributed by atoms with van der Waals surface area (Å²) in [6.07, 6.45) is 2.01. The van der Waals surface area contributed by atoms with Crippen LogP contribution >= 0.6 is 22.9 Å². The van der Waals surface area contributed by atoms with Gasteiger partial charge in [0, 0.05) is 11.1 Å². The Morgan fingerprint density at radius 1 is 1.24 bits per heavy atom. The third-order valence-corrected chi connectivity index (χ3v) is 4.04. The van der Waals surface area contributed by atoms with Crippen molar-refractivity contribution >= 4 is 28.5 Å². The molecule has 0 aliphatic carbocycles. The maximum absolute atomic E-state index is 6.21. The Balaban J connectivity index is 2.35. The van der Waals surface area contributed by atoms with Crippen molar-refractivity contribution in [2.24, 2.45) is 0 Å². The summed E-state index contributed by atoms with van der Waals surface area (Å²) in [5.74, 6) is 0.923. The Labute approximate surface area is 108 Å². The first-order valence-electron chi connectivity index (χ1n) is 5.37. The SMILES string of the molecule is Cc1ccc(-c2nc(Cl)c3c(C)cccn23)s1. The van der Waals surface area contributed by atoms with E-state index in [1.165, 1.54) is 4.88 Å². The summed E-state index contributed by atoms with van der Waals surface area (Å²) in [6, 6.07) is 8.26. The highest BCUT2D eigenvalue weighted by molar-refractivity contribution is 7.15. The molecular weight excluding hydrogens is 252 g/mol. The van der Waals surface area contributed by atoms with Crippen molar-refractivity contribution in [3.8, 4) is 10.7 Å². The van der Waals surface area contributed by atoms with Crippen LogP contribution in [0.3, 0.4) is 0 Å². The van der Waals surface area contributed by atoms with Crippen LogP contribution in [0.25, 0.3) is 16.2 Å². The molecule has 0 aromatic carbocycles. The van der Waals surface area contributed by atoms with Gasteiger partial charge in [0.25, 0.3) is 0 Å². The van der Waals surface area contributed by atoms with E-state index in [1.807, 2.05) is 25.3 Å². The molecule has 3 aromatic rings. The quantitative estimate of drug-likeness (QED) is 0.638. The zero-order chi connectivity index (χ0) is 12.0. The van der Waals surface area contributed by atoms with Gasteiger partial charge < -0.3 is 0 Å². The van der Waals surface area contributed by atoms with Crippen molar-refractivity contribution in [3.05, 3.63) is 46.1 Å². The van der Waals surface area contributed by atoms with Gasteiger partial charge in [-0.15, -0.1) is 11.3 Å². The molecule has 0 amide bonds. The van der Waals surface area contributed by atoms with Gasteiger partial charge in [-0.05, 0) is 37.6 Å². The fraction of sp³-hybridized carbons (Fsp3) is 0.154. The maximum atomic E-state index is 6.21. The van der Waals surface area contributed by atoms with Gasteiger partial charge in [0.05, 0.1) is 10.4 Å². The predicted octanol–water partition coefficient (Wildman–Crippen LogP) is 4.33. The number of aromatic nitrogens is 2. The Hall–Kier alpha value is -1.32. The minimum Gasteiger partial charge on any atom is -0.297 e. The summed E-state index contributed by atoms with van der Waals surface area (Å²) in [7, 11) is 0. The van der Waals surface area contributed by atoms with Gasteiger partial charge in [0.2, 0.25) is 0 Å². The fourth-order valence-corrected chi connectivity index (χ4v) is 3.16. The van der Waals surface area contributed by atoms with Crippen LogP contribution in [0.5, 0.6) is 0 Å². The van der Waals surface area contributed by atoms with Crippen LogP contribution in [0.1, 0.15) is 10.4 Å². The van der Waals surface area contributed by atoms with Crippen LogP contribution in [0, 0.1) is 13.8 Å². The van der Waals surface area contributed by atoms with Gasteiger partial charge in [-0.3, -0.25) is 4.40 Å². The molecule has 0 unspecified atom stereocenters. The lowest BCUT2D eigenvalue weighted by atomic mass is 10.2. The minimum absolute atomic E-state index is 0.573. The number of pyridine rings is 1. The van der Waals surface area contributed by atoms with Gasteiger partial charge in [0.1, 0.15) is 0 Å². The van der Waals surface area contributed by atoms with Gasteiger partial charge >= 0.3 is 0 Å². The van der Waals surface area contributed by atoms with Gasteiger partial charge in [-0.1, -0.05) is 17.7 Å². The van der Waals surface area contributed by atoms with E-state index >= 15 is 0 Å². The number of rotatable bonds is 1. The monoisotopic (exact) mass is 262 g/mol. The summed E-state index contributed by atoms with van der Waals surface area (Å²) in [5, 5.41) is 0.573. The number of thiophene rings is 1. The summed E-state index contributed by atoms with van der Waals surface area (Å²) >= 11 is 7.95. The zero-order valence-corrected chi connectivity index (χ0v) is 11.1. The normalized spacial score (nSPS) is 11.2. The second kappa shape index (κ2) is 3.86. The van der Waals surface area contributed by atoms with Crippen LogP contribution in [-0.4, -0.2) is 9.38 Å². The molecule has 0 fully saturated rings. The van der Waals surface area contributed by atoms with E-state index < -0.39 is 0 Å². The van der Waals surface area contributed by atoms with Crippen molar-refractivity contribution < 1.29 is 0 Å². The Bertz CT molecular complexity index is 697. The lowest BCUT2D eigenvalue weighted by Crippen LogP contribution is -1.88. The third kappa shape index (κ3) is 1.66. The molecule has 0 N–H and O–H groups in total. The van der Waals surface area contributed by atoms with Crippen LogP contribution in [-0.2, 0) is 0 Å². The van der Waals surface area contributed by atoms with E-state index in [1.54, 1.807) is 11.3 Å². The van der Waals surface area contributed by atoms with E-state index in [9.17, 15) is 0 Å². The number of hydrogen-bond donors (Lipinski definition) is 0. The molecule has 0 bridgehead atoms. The van der Waals surface area contributed by atoms with E-state index in [-0.39, 0.29) is 0 Å². The highest BCUT2D eigenvalue weighted by Gasteiger charge is 2.13. The number of fused-ring (bicyclic) bond motifs is 1. The molecule has 0 aliphatic heterocycles. The molecule has 3 heterocycles. The third-order valence-electron chi connectivity index (χ3n) is 2.78. The predicted molar refractivity (Wildman–Crippen MR) is 73.0 cm³/mol. The molecule has 0 radical (unpaired) electrons. The van der Waals surface area contributed by atoms with Gasteiger partial charge in [-0.25, -0.2) is 4.98 Å². The largest absolute Gasteiger partial charge is 0.297 e. The van der Waals surface area contributed by atoms with Crippen LogP contribution in [0.15, 0.2) is 30.5 Å². The summed E-state index contributed by atoms with van der Waals surface area (Å²) in [4.78, 5) is 6.90. The lowest BCUT2D eigenvalue weighted by molar-refractivity contribution is 1.16. The first-order valence-corrected chi connectivity index (χ1v) is 6.56. The lowest BCUT2D eigenvalue weighted by Gasteiger charge is -2.00. The number of imidazole rings is 1. The fourth-order valence-electron chi connectivity index (χ4n) is 1.98. The molecule has 0 spiro atoms. The summed E-state index contributed by atoms with van der Waals surface area (Å²) in [6.45, 7) is 4.14. The van der Waals surface area contributed by atoms with E-state index in [0.717, 1.165) is 21.8 Å². The van der Waals surface area contributed by atoms with Crippen molar-refractivity contribution in [2.75, 3.05) is 0 Å². The molecule has 3 aromatic heterocycles. The number of hydrogen-bond acceptors (Lipinski definition) is 2. The number of nitrogens with zero attached hydrogens (tertiary/aromatic N) is 2. The summed E-state index contributed by atoms with van der Waals surface area (Å²) < 4.78 is 2.06. The second-order valence-electron chi connectivity index (χ2n) is 4.05. The topological polar surface area (TPSA) is 17.3 Å². The van der Waals surface area contributed by atoms with E-state index in [4.69, 9.17) is 11.6 Å². The van der Waals surface area contributed by atoms with Gasteiger partial charge in [0.15, 0.2) is 11.0 Å². The highest BCUT2D eigenvalue weighted by Crippen LogP contribution is 2.31. The van der Waals surface area contributed by atoms with E-state index in [0.29, 0.717) is 5.15 Å². The van der Waals surface area contributed by atoms with Crippen molar-refractivity contribution in [2.45, 2.75) is 13.8 Å². The molecule has 0 saturated heterocycles. The molecule has 0 saturated carbocycles. The average molecular weight is 263 g/mol. The molecule has 0 atom stereocenters. The van der Waals surface area contributed by atoms with Crippen molar-refractivity contribution in [3.63, 3.8) is 0 Å². The number of aryl methyl sites for hydroxylation is 2. The maximum Gasteiger partial charge on any atom is 0.156 e. The highest BCUT2D eigenvalue weighted by atomic mass is 35.5. The number of halogens is 1. The Morgan fingerprint density at radius 2 is 2.06 bits per heavy atom. The van der Waals surface area contributed by atoms with Crippen LogP contribution in [0.2, 0.25) is 5.15 Å². The van der Waals surface area contributed by atoms with E-state index in [2.05, 4.69) is 28.4 Å². The first-order chi connectivity index (χ1) is 8.16. The molecule has 4 heteroatoms. The average Bonchev–Trinajstić information content (AvgIpc) is 2.84. The zero-order valence-electron chi connectivity index (χ0n) is 9.57.